The zero-order valence-electron chi connectivity index (χ0n) is 11.2. The lowest BCUT2D eigenvalue weighted by atomic mass is 9.94. The Hall–Kier alpha value is -1.19. The van der Waals surface area contributed by atoms with Gasteiger partial charge in [0, 0.05) is 19.4 Å². The highest BCUT2D eigenvalue weighted by Crippen LogP contribution is 2.29. The normalized spacial score (nSPS) is 18.7. The van der Waals surface area contributed by atoms with Crippen LogP contribution in [0.25, 0.3) is 0 Å². The van der Waals surface area contributed by atoms with Gasteiger partial charge < -0.3 is 9.64 Å². The van der Waals surface area contributed by atoms with Crippen LogP contribution in [0.3, 0.4) is 0 Å². The van der Waals surface area contributed by atoms with Crippen molar-refractivity contribution in [1.29, 1.82) is 0 Å². The molecule has 0 saturated heterocycles. The molecule has 0 N–H and O–H groups in total. The first-order valence-corrected chi connectivity index (χ1v) is 6.52. The van der Waals surface area contributed by atoms with Gasteiger partial charge in [-0.1, -0.05) is 24.3 Å². The molecule has 1 aliphatic heterocycles. The quantitative estimate of drug-likeness (QED) is 0.799. The predicted octanol–water partition coefficient (Wildman–Crippen LogP) is 2.21. The summed E-state index contributed by atoms with van der Waals surface area (Å²) in [5.74, 6) is 0.283. The molecule has 0 radical (unpaired) electrons. The van der Waals surface area contributed by atoms with Crippen molar-refractivity contribution < 1.29 is 9.53 Å². The van der Waals surface area contributed by atoms with Gasteiger partial charge in [-0.15, -0.1) is 0 Å². The van der Waals surface area contributed by atoms with E-state index in [1.165, 1.54) is 11.1 Å². The van der Waals surface area contributed by atoms with Crippen molar-refractivity contribution in [3.8, 4) is 0 Å². The van der Waals surface area contributed by atoms with Crippen LogP contribution in [0.2, 0.25) is 0 Å². The Balaban J connectivity index is 1.96. The molecule has 2 rings (SSSR count). The summed E-state index contributed by atoms with van der Waals surface area (Å²) in [5.41, 5.74) is 2.52. The Morgan fingerprint density at radius 3 is 2.94 bits per heavy atom. The van der Waals surface area contributed by atoms with Crippen molar-refractivity contribution in [2.24, 2.45) is 0 Å². The van der Waals surface area contributed by atoms with Crippen molar-refractivity contribution in [1.82, 2.24) is 4.90 Å². The van der Waals surface area contributed by atoms with Crippen LogP contribution < -0.4 is 0 Å². The van der Waals surface area contributed by atoms with Gasteiger partial charge in [0.2, 0.25) is 0 Å². The van der Waals surface area contributed by atoms with Crippen molar-refractivity contribution in [3.63, 3.8) is 0 Å². The number of hydrogen-bond donors (Lipinski definition) is 0. The molecule has 0 aromatic heterocycles. The first kappa shape index (κ1) is 13.2. The van der Waals surface area contributed by atoms with Gasteiger partial charge in [-0.25, -0.2) is 0 Å². The number of carbonyl (C=O) groups excluding carboxylic acids is 1. The van der Waals surface area contributed by atoms with E-state index in [0.717, 1.165) is 19.6 Å². The highest BCUT2D eigenvalue weighted by Gasteiger charge is 2.22. The summed E-state index contributed by atoms with van der Waals surface area (Å²) in [6.07, 6.45) is 2.03. The van der Waals surface area contributed by atoms with Gasteiger partial charge in [-0.3, -0.25) is 4.79 Å². The highest BCUT2D eigenvalue weighted by atomic mass is 16.5. The zero-order valence-corrected chi connectivity index (χ0v) is 11.2. The number of ketones is 1. The number of rotatable bonds is 5. The Bertz CT molecular complexity index is 415. The maximum absolute atomic E-state index is 11.9. The van der Waals surface area contributed by atoms with Gasteiger partial charge in [-0.2, -0.15) is 0 Å². The second-order valence-corrected chi connectivity index (χ2v) is 5.10. The van der Waals surface area contributed by atoms with E-state index in [2.05, 4.69) is 18.2 Å². The molecule has 3 nitrogen and oxygen atoms in total. The average Bonchev–Trinajstić information content (AvgIpc) is 2.37. The van der Waals surface area contributed by atoms with Gasteiger partial charge in [0.1, 0.15) is 5.78 Å². The molecule has 1 aromatic rings. The van der Waals surface area contributed by atoms with E-state index in [1.807, 2.05) is 25.1 Å². The molecule has 0 spiro atoms. The van der Waals surface area contributed by atoms with Crippen molar-refractivity contribution >= 4 is 5.78 Å². The summed E-state index contributed by atoms with van der Waals surface area (Å²) in [5, 5.41) is 0. The smallest absolute Gasteiger partial charge is 0.137 e. The minimum absolute atomic E-state index is 0.0374. The SMILES string of the molecule is CN(C)CCC(=O)CC1OCCc2ccccc21. The van der Waals surface area contributed by atoms with Crippen LogP contribution in [0.4, 0.5) is 0 Å². The molecule has 1 aromatic carbocycles. The van der Waals surface area contributed by atoms with Crippen molar-refractivity contribution in [2.75, 3.05) is 27.2 Å². The van der Waals surface area contributed by atoms with E-state index in [1.54, 1.807) is 0 Å². The van der Waals surface area contributed by atoms with Crippen LogP contribution >= 0.6 is 0 Å². The fraction of sp³-hybridized carbons (Fsp3) is 0.533. The Morgan fingerprint density at radius 1 is 1.39 bits per heavy atom. The molecule has 0 fully saturated rings. The molecular weight excluding hydrogens is 226 g/mol. The van der Waals surface area contributed by atoms with Crippen LogP contribution in [0.5, 0.6) is 0 Å². The number of ether oxygens (including phenoxy) is 1. The molecular formula is C15H21NO2. The van der Waals surface area contributed by atoms with E-state index in [4.69, 9.17) is 4.74 Å². The third-order valence-corrected chi connectivity index (χ3v) is 3.34. The molecule has 1 unspecified atom stereocenters. The number of carbonyl (C=O) groups is 1. The summed E-state index contributed by atoms with van der Waals surface area (Å²) in [6, 6.07) is 8.29. The molecule has 3 heteroatoms. The second-order valence-electron chi connectivity index (χ2n) is 5.10. The van der Waals surface area contributed by atoms with E-state index in [9.17, 15) is 4.79 Å². The average molecular weight is 247 g/mol. The fourth-order valence-electron chi connectivity index (χ4n) is 2.30. The summed E-state index contributed by atoms with van der Waals surface area (Å²) in [4.78, 5) is 14.0. The largest absolute Gasteiger partial charge is 0.373 e. The minimum Gasteiger partial charge on any atom is -0.373 e. The van der Waals surface area contributed by atoms with E-state index in [0.29, 0.717) is 12.8 Å². The molecule has 18 heavy (non-hydrogen) atoms. The van der Waals surface area contributed by atoms with E-state index < -0.39 is 0 Å². The van der Waals surface area contributed by atoms with E-state index in [-0.39, 0.29) is 11.9 Å². The Kier molecular flexibility index (Phi) is 4.50. The summed E-state index contributed by atoms with van der Waals surface area (Å²) in [6.45, 7) is 1.54. The third kappa shape index (κ3) is 3.40. The molecule has 1 heterocycles. The lowest BCUT2D eigenvalue weighted by molar-refractivity contribution is -0.122. The third-order valence-electron chi connectivity index (χ3n) is 3.34. The minimum atomic E-state index is -0.0374. The second kappa shape index (κ2) is 6.12. The summed E-state index contributed by atoms with van der Waals surface area (Å²) >= 11 is 0. The van der Waals surface area contributed by atoms with Crippen LogP contribution in [-0.4, -0.2) is 37.9 Å². The number of nitrogens with zero attached hydrogens (tertiary/aromatic N) is 1. The lowest BCUT2D eigenvalue weighted by Gasteiger charge is -2.25. The van der Waals surface area contributed by atoms with Gasteiger partial charge in [-0.05, 0) is 31.6 Å². The number of hydrogen-bond acceptors (Lipinski definition) is 3. The lowest BCUT2D eigenvalue weighted by Crippen LogP contribution is -2.21. The molecule has 0 bridgehead atoms. The van der Waals surface area contributed by atoms with Crippen LogP contribution in [0.1, 0.15) is 30.1 Å². The van der Waals surface area contributed by atoms with Crippen molar-refractivity contribution in [3.05, 3.63) is 35.4 Å². The molecule has 1 aliphatic rings. The van der Waals surface area contributed by atoms with E-state index >= 15 is 0 Å². The monoisotopic (exact) mass is 247 g/mol. The van der Waals surface area contributed by atoms with Gasteiger partial charge in [0.25, 0.3) is 0 Å². The first-order chi connectivity index (χ1) is 8.66. The van der Waals surface area contributed by atoms with Crippen molar-refractivity contribution in [2.45, 2.75) is 25.4 Å². The van der Waals surface area contributed by atoms with Crippen LogP contribution in [-0.2, 0) is 16.0 Å². The maximum Gasteiger partial charge on any atom is 0.137 e. The molecule has 0 saturated carbocycles. The fourth-order valence-corrected chi connectivity index (χ4v) is 2.30. The van der Waals surface area contributed by atoms with Crippen LogP contribution in [0.15, 0.2) is 24.3 Å². The maximum atomic E-state index is 11.9. The molecule has 1 atom stereocenters. The summed E-state index contributed by atoms with van der Waals surface area (Å²) < 4.78 is 5.75. The number of fused-ring (bicyclic) bond motifs is 1. The first-order valence-electron chi connectivity index (χ1n) is 6.52. The molecule has 98 valence electrons. The molecule has 0 amide bonds. The van der Waals surface area contributed by atoms with Crippen LogP contribution in [0, 0.1) is 0 Å². The van der Waals surface area contributed by atoms with Gasteiger partial charge in [0.15, 0.2) is 0 Å². The van der Waals surface area contributed by atoms with Gasteiger partial charge >= 0.3 is 0 Å². The molecule has 0 aliphatic carbocycles. The number of Topliss-reactive ketones (excluding diaryl/α,β-unsaturated/α-hetero) is 1. The Labute approximate surface area is 109 Å². The topological polar surface area (TPSA) is 29.5 Å². The summed E-state index contributed by atoms with van der Waals surface area (Å²) in [7, 11) is 3.97. The number of benzene rings is 1. The predicted molar refractivity (Wildman–Crippen MR) is 71.6 cm³/mol. The Morgan fingerprint density at radius 2 is 2.17 bits per heavy atom. The standard InChI is InChI=1S/C15H21NO2/c1-16(2)9-7-13(17)11-15-14-6-4-3-5-12(14)8-10-18-15/h3-6,15H,7-11H2,1-2H3. The van der Waals surface area contributed by atoms with Gasteiger partial charge in [0.05, 0.1) is 12.7 Å². The highest BCUT2D eigenvalue weighted by molar-refractivity contribution is 5.79. The zero-order chi connectivity index (χ0) is 13.0.